The maximum Gasteiger partial charge on any atom is 0.338 e. The molecule has 0 amide bonds. The third kappa shape index (κ3) is 4.81. The van der Waals surface area contributed by atoms with Crippen molar-refractivity contribution in [1.82, 2.24) is 0 Å². The van der Waals surface area contributed by atoms with Crippen LogP contribution < -0.4 is 0 Å². The van der Waals surface area contributed by atoms with Crippen LogP contribution in [0.4, 0.5) is 0 Å². The molecule has 4 aliphatic carbocycles. The van der Waals surface area contributed by atoms with E-state index in [1.807, 2.05) is 30.3 Å². The van der Waals surface area contributed by atoms with E-state index in [9.17, 15) is 9.59 Å². The Morgan fingerprint density at radius 3 is 2.59 bits per heavy atom. The Kier molecular flexibility index (Phi) is 7.40. The van der Waals surface area contributed by atoms with E-state index >= 15 is 0 Å². The molecule has 0 spiro atoms. The molecule has 0 aliphatic heterocycles. The molecule has 200 valence electrons. The minimum Gasteiger partial charge on any atom is -0.469 e. The Morgan fingerprint density at radius 2 is 1.84 bits per heavy atom. The first-order chi connectivity index (χ1) is 17.8. The minimum absolute atomic E-state index is 0.102. The second kappa shape index (κ2) is 10.4. The Bertz CT molecular complexity index is 1070. The third-order valence-electron chi connectivity index (χ3n) is 10.8. The number of fused-ring (bicyclic) bond motifs is 5. The van der Waals surface area contributed by atoms with Gasteiger partial charge in [0.1, 0.15) is 0 Å². The molecule has 0 radical (unpaired) electrons. The quantitative estimate of drug-likeness (QED) is 0.284. The first-order valence-corrected chi connectivity index (χ1v) is 14.5. The van der Waals surface area contributed by atoms with E-state index in [-0.39, 0.29) is 22.8 Å². The van der Waals surface area contributed by atoms with E-state index in [1.165, 1.54) is 39.2 Å². The SMILES string of the molecule is COC(=O)CC[C@@H](C)C1=CC[C@H]2[C@@H]3CC[C@@H]4CC(COC(=O)c5ccccc5)CC[C@]4(C)C3=CC[C@]12C. The summed E-state index contributed by atoms with van der Waals surface area (Å²) in [5.74, 6) is 2.63. The van der Waals surface area contributed by atoms with Gasteiger partial charge < -0.3 is 9.47 Å². The fourth-order valence-electron chi connectivity index (χ4n) is 8.59. The lowest BCUT2D eigenvalue weighted by atomic mass is 9.48. The number of allylic oxidation sites excluding steroid dienone is 4. The molecule has 0 heterocycles. The number of benzene rings is 1. The predicted octanol–water partition coefficient (Wildman–Crippen LogP) is 7.55. The molecule has 2 saturated carbocycles. The normalized spacial score (nSPS) is 35.2. The maximum atomic E-state index is 12.5. The fraction of sp³-hybridized carbons (Fsp3) is 0.636. The first-order valence-electron chi connectivity index (χ1n) is 14.5. The van der Waals surface area contributed by atoms with Gasteiger partial charge in [0.25, 0.3) is 0 Å². The van der Waals surface area contributed by atoms with E-state index in [4.69, 9.17) is 9.47 Å². The Hall–Kier alpha value is -2.36. The molecule has 0 bridgehead atoms. The predicted molar refractivity (Wildman–Crippen MR) is 146 cm³/mol. The average molecular weight is 505 g/mol. The van der Waals surface area contributed by atoms with Crippen molar-refractivity contribution in [1.29, 1.82) is 0 Å². The highest BCUT2D eigenvalue weighted by Gasteiger charge is 2.55. The molecule has 0 saturated heterocycles. The van der Waals surface area contributed by atoms with Gasteiger partial charge in [-0.15, -0.1) is 0 Å². The van der Waals surface area contributed by atoms with Gasteiger partial charge in [-0.3, -0.25) is 4.79 Å². The van der Waals surface area contributed by atoms with E-state index in [0.29, 0.717) is 48.2 Å². The largest absolute Gasteiger partial charge is 0.469 e. The number of carbonyl (C=O) groups excluding carboxylic acids is 2. The van der Waals surface area contributed by atoms with Gasteiger partial charge >= 0.3 is 11.9 Å². The van der Waals surface area contributed by atoms with Crippen LogP contribution in [0, 0.1) is 40.4 Å². The topological polar surface area (TPSA) is 52.6 Å². The highest BCUT2D eigenvalue weighted by Crippen LogP contribution is 2.65. The van der Waals surface area contributed by atoms with Crippen molar-refractivity contribution in [3.63, 3.8) is 0 Å². The summed E-state index contributed by atoms with van der Waals surface area (Å²) in [4.78, 5) is 24.2. The van der Waals surface area contributed by atoms with Crippen molar-refractivity contribution in [3.05, 3.63) is 59.2 Å². The Balaban J connectivity index is 1.23. The molecule has 4 aliphatic rings. The van der Waals surface area contributed by atoms with E-state index in [1.54, 1.807) is 11.1 Å². The van der Waals surface area contributed by atoms with Crippen LogP contribution in [0.5, 0.6) is 0 Å². The molecule has 5 rings (SSSR count). The van der Waals surface area contributed by atoms with Gasteiger partial charge in [0.15, 0.2) is 0 Å². The van der Waals surface area contributed by atoms with Gasteiger partial charge in [-0.1, -0.05) is 62.3 Å². The smallest absolute Gasteiger partial charge is 0.338 e. The summed E-state index contributed by atoms with van der Waals surface area (Å²) in [6.45, 7) is 7.86. The summed E-state index contributed by atoms with van der Waals surface area (Å²) in [6, 6.07) is 9.35. The van der Waals surface area contributed by atoms with Crippen LogP contribution in [-0.4, -0.2) is 25.7 Å². The van der Waals surface area contributed by atoms with Crippen LogP contribution in [0.1, 0.15) is 88.9 Å². The summed E-state index contributed by atoms with van der Waals surface area (Å²) in [5.41, 5.74) is 4.46. The Morgan fingerprint density at radius 1 is 1.05 bits per heavy atom. The molecule has 7 atom stereocenters. The average Bonchev–Trinajstić information content (AvgIpc) is 3.27. The molecule has 4 heteroatoms. The minimum atomic E-state index is -0.197. The summed E-state index contributed by atoms with van der Waals surface area (Å²) in [6.07, 6.45) is 14.9. The fourth-order valence-corrected chi connectivity index (χ4v) is 8.59. The lowest BCUT2D eigenvalue weighted by molar-refractivity contribution is -0.140. The number of methoxy groups -OCH3 is 1. The molecule has 0 N–H and O–H groups in total. The van der Waals surface area contributed by atoms with Gasteiger partial charge in [-0.2, -0.15) is 0 Å². The van der Waals surface area contributed by atoms with Crippen molar-refractivity contribution in [2.24, 2.45) is 40.4 Å². The molecular weight excluding hydrogens is 460 g/mol. The number of ether oxygens (including phenoxy) is 2. The van der Waals surface area contributed by atoms with Gasteiger partial charge in [0.2, 0.25) is 0 Å². The molecular formula is C33H44O4. The monoisotopic (exact) mass is 504 g/mol. The zero-order valence-electron chi connectivity index (χ0n) is 23.1. The molecule has 37 heavy (non-hydrogen) atoms. The van der Waals surface area contributed by atoms with Crippen LogP contribution >= 0.6 is 0 Å². The summed E-state index contributed by atoms with van der Waals surface area (Å²) in [7, 11) is 1.48. The lowest BCUT2D eigenvalue weighted by Gasteiger charge is -2.57. The van der Waals surface area contributed by atoms with Crippen LogP contribution in [-0.2, 0) is 14.3 Å². The number of carbonyl (C=O) groups is 2. The summed E-state index contributed by atoms with van der Waals surface area (Å²) in [5, 5.41) is 0. The van der Waals surface area contributed by atoms with Crippen molar-refractivity contribution >= 4 is 11.9 Å². The standard InChI is InChI=1S/C33H44O4/c1-22(10-15-30(34)36-4)27-13-14-28-26-12-11-25-20-23(21-37-31(35)24-8-6-5-7-9-24)16-18-32(25,2)29(26)17-19-33(27,28)3/h5-9,13,17,22-23,25-26,28H,10-12,14-16,18-21H2,1-4H3/t22-,23?,25-,26+,28+,32+,33-/m1/s1. The zero-order valence-corrected chi connectivity index (χ0v) is 23.1. The molecule has 1 unspecified atom stereocenters. The van der Waals surface area contributed by atoms with E-state index in [2.05, 4.69) is 32.9 Å². The van der Waals surface area contributed by atoms with Crippen molar-refractivity contribution in [3.8, 4) is 0 Å². The highest BCUT2D eigenvalue weighted by molar-refractivity contribution is 5.89. The number of rotatable bonds is 7. The van der Waals surface area contributed by atoms with Gasteiger partial charge in [0.05, 0.1) is 19.3 Å². The number of hydrogen-bond acceptors (Lipinski definition) is 4. The second-order valence-corrected chi connectivity index (χ2v) is 12.7. The second-order valence-electron chi connectivity index (χ2n) is 12.7. The van der Waals surface area contributed by atoms with Crippen LogP contribution in [0.3, 0.4) is 0 Å². The van der Waals surface area contributed by atoms with E-state index in [0.717, 1.165) is 19.3 Å². The first kappa shape index (κ1) is 26.3. The van der Waals surface area contributed by atoms with Crippen molar-refractivity contribution in [2.75, 3.05) is 13.7 Å². The van der Waals surface area contributed by atoms with Crippen LogP contribution in [0.25, 0.3) is 0 Å². The molecule has 2 fully saturated rings. The Labute approximate surface area is 222 Å². The molecule has 4 nitrogen and oxygen atoms in total. The van der Waals surface area contributed by atoms with Crippen molar-refractivity contribution < 1.29 is 19.1 Å². The molecule has 0 aromatic heterocycles. The number of esters is 2. The van der Waals surface area contributed by atoms with Crippen LogP contribution in [0.2, 0.25) is 0 Å². The van der Waals surface area contributed by atoms with Crippen LogP contribution in [0.15, 0.2) is 53.6 Å². The summed E-state index contributed by atoms with van der Waals surface area (Å²) >= 11 is 0. The molecule has 1 aromatic carbocycles. The van der Waals surface area contributed by atoms with Gasteiger partial charge in [0, 0.05) is 6.42 Å². The highest BCUT2D eigenvalue weighted by atomic mass is 16.5. The van der Waals surface area contributed by atoms with Crippen molar-refractivity contribution in [2.45, 2.75) is 78.6 Å². The molecule has 1 aromatic rings. The zero-order chi connectivity index (χ0) is 26.2. The third-order valence-corrected chi connectivity index (χ3v) is 10.8. The van der Waals surface area contributed by atoms with Gasteiger partial charge in [-0.25, -0.2) is 4.79 Å². The number of hydrogen-bond donors (Lipinski definition) is 0. The maximum absolute atomic E-state index is 12.5. The van der Waals surface area contributed by atoms with Gasteiger partial charge in [-0.05, 0) is 104 Å². The van der Waals surface area contributed by atoms with E-state index < -0.39 is 0 Å². The summed E-state index contributed by atoms with van der Waals surface area (Å²) < 4.78 is 10.6. The lowest BCUT2D eigenvalue weighted by Crippen LogP contribution is -2.48.